The Bertz CT molecular complexity index is 1020. The van der Waals surface area contributed by atoms with Crippen LogP contribution in [0.2, 0.25) is 0 Å². The first-order chi connectivity index (χ1) is 15.5. The van der Waals surface area contributed by atoms with E-state index < -0.39 is 0 Å². The van der Waals surface area contributed by atoms with Gasteiger partial charge in [-0.05, 0) is 50.2 Å². The third kappa shape index (κ3) is 7.42. The molecule has 163 valence electrons. The Labute approximate surface area is 199 Å². The molecule has 32 heavy (non-hydrogen) atoms. The molecule has 0 aliphatic heterocycles. The molecule has 3 rings (SSSR count). The summed E-state index contributed by atoms with van der Waals surface area (Å²) in [4.78, 5) is 24.6. The number of halogens is 1. The zero-order chi connectivity index (χ0) is 23.3. The molecule has 1 aromatic heterocycles. The molecule has 2 aromatic carbocycles. The molecule has 0 radical (unpaired) electrons. The maximum absolute atomic E-state index is 10.0. The fraction of sp³-hybridized carbons (Fsp3) is 0.0870. The van der Waals surface area contributed by atoms with Crippen molar-refractivity contribution in [1.82, 2.24) is 4.98 Å². The van der Waals surface area contributed by atoms with Crippen molar-refractivity contribution >= 4 is 33.3 Å². The third-order valence-corrected chi connectivity index (χ3v) is 4.14. The van der Waals surface area contributed by atoms with Crippen LogP contribution < -0.4 is 0 Å². The van der Waals surface area contributed by atoms with Gasteiger partial charge in [-0.1, -0.05) is 42.5 Å². The number of pyridine rings is 1. The van der Waals surface area contributed by atoms with Gasteiger partial charge in [0.15, 0.2) is 0 Å². The Hall–Kier alpha value is -3.32. The molecule has 0 atom stereocenters. The van der Waals surface area contributed by atoms with Gasteiger partial charge in [-0.3, -0.25) is 9.59 Å². The van der Waals surface area contributed by atoms with Crippen molar-refractivity contribution in [2.75, 3.05) is 0 Å². The minimum atomic E-state index is -0.172. The predicted octanol–water partition coefficient (Wildman–Crippen LogP) is 5.07. The number of hydrogen-bond acceptors (Lipinski definition) is 3. The average molecular weight is 490 g/mol. The molecule has 0 bridgehead atoms. The van der Waals surface area contributed by atoms with Gasteiger partial charge in [0.25, 0.3) is 11.8 Å². The van der Waals surface area contributed by atoms with Gasteiger partial charge in [0, 0.05) is 11.4 Å². The molecule has 2 amide bonds. The summed E-state index contributed by atoms with van der Waals surface area (Å²) in [6.45, 7) is 3.50. The first-order valence-electron chi connectivity index (χ1n) is 9.40. The van der Waals surface area contributed by atoms with Gasteiger partial charge in [-0.25, -0.2) is 4.98 Å². The fourth-order valence-electron chi connectivity index (χ4n) is 2.47. The molecule has 0 fully saturated rings. The Morgan fingerprint density at radius 3 is 1.44 bits per heavy atom. The summed E-state index contributed by atoms with van der Waals surface area (Å²) in [5, 5.41) is 8.14. The number of benzene rings is 2. The van der Waals surface area contributed by atoms with Gasteiger partial charge < -0.3 is 21.1 Å². The Kier molecular flexibility index (Phi) is 10.3. The summed E-state index contributed by atoms with van der Waals surface area (Å²) in [5.41, 5.74) is 11.1. The van der Waals surface area contributed by atoms with Crippen LogP contribution in [0, 0.1) is 0 Å². The first-order valence-corrected chi connectivity index (χ1v) is 11.0. The van der Waals surface area contributed by atoms with Crippen molar-refractivity contribution in [2.45, 2.75) is 13.8 Å². The van der Waals surface area contributed by atoms with E-state index >= 15 is 0 Å². The number of rotatable bonds is 6. The Morgan fingerprint density at radius 1 is 0.688 bits per heavy atom. The number of hydrogen-bond donors (Lipinski definition) is 0. The normalized spacial score (nSPS) is 11.1. The number of nitrogens with zero attached hydrogens (tertiary/aromatic N) is 5. The summed E-state index contributed by atoms with van der Waals surface area (Å²) in [6, 6.07) is 23.3. The van der Waals surface area contributed by atoms with E-state index in [4.69, 9.17) is 0 Å². The van der Waals surface area contributed by atoms with E-state index in [0.29, 0.717) is 33.9 Å². The zero-order valence-corrected chi connectivity index (χ0v) is 19.3. The molecule has 0 spiro atoms. The quantitative estimate of drug-likeness (QED) is 0.205. The van der Waals surface area contributed by atoms with Gasteiger partial charge in [-0.2, -0.15) is 0 Å². The standard InChI is InChI=1S/C23H21N5O2.ClH.Mn/c1-16(25-27-22(29)18-10-5-3-6-11-18)20-14-9-15-21(24-20)17(2)26-28-23(30)19-12-7-4-8-13-19;;/h3-15H,1-2H3,(H2,24,27,28,29,30);1H;/q;;+2/p-1. The molecule has 7 nitrogen and oxygen atoms in total. The van der Waals surface area contributed by atoms with Crippen molar-refractivity contribution in [1.29, 1.82) is 0 Å². The monoisotopic (exact) mass is 489 g/mol. The van der Waals surface area contributed by atoms with Gasteiger partial charge in [0.2, 0.25) is 0 Å². The summed E-state index contributed by atoms with van der Waals surface area (Å²) in [6.07, 6.45) is 0. The average Bonchev–Trinajstić information content (AvgIpc) is 2.87. The van der Waals surface area contributed by atoms with E-state index in [-0.39, 0.29) is 11.8 Å². The number of aromatic nitrogens is 1. The van der Waals surface area contributed by atoms with Crippen LogP contribution in [0.15, 0.2) is 89.1 Å². The van der Waals surface area contributed by atoms with Crippen LogP contribution in [-0.4, -0.2) is 37.8 Å². The van der Waals surface area contributed by atoms with Crippen molar-refractivity contribution in [3.8, 4) is 0 Å². The summed E-state index contributed by atoms with van der Waals surface area (Å²) >= 11 is 2.41. The van der Waals surface area contributed by atoms with E-state index in [1.54, 1.807) is 50.2 Å². The van der Waals surface area contributed by atoms with Crippen LogP contribution in [0.5, 0.6) is 0 Å². The zero-order valence-electron chi connectivity index (χ0n) is 17.4. The number of carbonyl (C=O) groups excluding carboxylic acids is 2. The van der Waals surface area contributed by atoms with Gasteiger partial charge in [0.05, 0.1) is 22.5 Å². The summed E-state index contributed by atoms with van der Waals surface area (Å²) < 4.78 is 0. The molecule has 0 unspecified atom stereocenters. The molecule has 9 heteroatoms. The van der Waals surface area contributed by atoms with E-state index in [9.17, 15) is 9.59 Å². The van der Waals surface area contributed by atoms with Crippen molar-refractivity contribution < 1.29 is 24.7 Å². The van der Waals surface area contributed by atoms with E-state index in [1.807, 2.05) is 42.5 Å². The van der Waals surface area contributed by atoms with Crippen molar-refractivity contribution in [3.05, 3.63) is 112 Å². The second-order valence-electron chi connectivity index (χ2n) is 6.36. The molecule has 0 aliphatic rings. The predicted molar refractivity (Wildman–Crippen MR) is 126 cm³/mol. The van der Waals surface area contributed by atoms with E-state index in [1.165, 1.54) is 0 Å². The topological polar surface area (TPSA) is 109 Å². The van der Waals surface area contributed by atoms with Gasteiger partial charge in [-0.15, -0.1) is 0 Å². The summed E-state index contributed by atoms with van der Waals surface area (Å²) in [7, 11) is 4.45. The van der Waals surface area contributed by atoms with Crippen LogP contribution in [0.1, 0.15) is 36.4 Å². The maximum atomic E-state index is 10.0. The first kappa shape index (κ1) is 24.9. The van der Waals surface area contributed by atoms with Crippen LogP contribution >= 0.6 is 10.1 Å². The van der Waals surface area contributed by atoms with E-state index in [2.05, 4.69) is 51.2 Å². The summed E-state index contributed by atoms with van der Waals surface area (Å²) in [5.74, 6) is -0.343. The Morgan fingerprint density at radius 2 is 1.06 bits per heavy atom. The van der Waals surface area contributed by atoms with Crippen LogP contribution in [0.3, 0.4) is 0 Å². The Balaban J connectivity index is 0.00000176. The number of amides is 2. The van der Waals surface area contributed by atoms with Crippen LogP contribution in [-0.2, 0) is 15.1 Å². The molecule has 1 heterocycles. The molecule has 0 saturated carbocycles. The SMILES string of the molecule is CC(=N[N-]C(=[OH+])c1ccccc1)c1cccc(C(C)=N[N-]C(=[OH+])c2ccccc2)n1.[Cl][Mn+]. The molecular formula is C23H21ClMnN5O2+. The van der Waals surface area contributed by atoms with Crippen molar-refractivity contribution in [2.24, 2.45) is 10.2 Å². The second-order valence-corrected chi connectivity index (χ2v) is 6.36. The van der Waals surface area contributed by atoms with Crippen LogP contribution in [0.25, 0.3) is 10.9 Å². The van der Waals surface area contributed by atoms with Gasteiger partial charge in [0.1, 0.15) is 0 Å². The fourth-order valence-corrected chi connectivity index (χ4v) is 2.47. The molecular weight excluding hydrogens is 469 g/mol. The van der Waals surface area contributed by atoms with Crippen LogP contribution in [0.4, 0.5) is 0 Å². The van der Waals surface area contributed by atoms with E-state index in [0.717, 1.165) is 0 Å². The second kappa shape index (κ2) is 13.2. The third-order valence-electron chi connectivity index (χ3n) is 4.14. The molecule has 2 N–H and O–H groups in total. The van der Waals surface area contributed by atoms with Crippen molar-refractivity contribution in [3.63, 3.8) is 0 Å². The minimum absolute atomic E-state index is 0.172. The molecule has 3 aromatic rings. The van der Waals surface area contributed by atoms with Gasteiger partial charge >= 0.3 is 25.2 Å². The molecule has 0 saturated heterocycles. The molecule has 0 aliphatic carbocycles.